The van der Waals surface area contributed by atoms with Crippen molar-refractivity contribution in [3.8, 4) is 5.75 Å². The number of methoxy groups -OCH3 is 2. The molecule has 2 aromatic rings. The van der Waals surface area contributed by atoms with Gasteiger partial charge < -0.3 is 19.8 Å². The van der Waals surface area contributed by atoms with E-state index in [-0.39, 0.29) is 6.04 Å². The topological polar surface area (TPSA) is 62.3 Å². The van der Waals surface area contributed by atoms with Crippen molar-refractivity contribution < 1.29 is 9.47 Å². The second-order valence-electron chi connectivity index (χ2n) is 4.33. The first-order valence-electron chi connectivity index (χ1n) is 5.97. The summed E-state index contributed by atoms with van der Waals surface area (Å²) in [5, 5.41) is 0. The van der Waals surface area contributed by atoms with Gasteiger partial charge in [0.25, 0.3) is 0 Å². The summed E-state index contributed by atoms with van der Waals surface area (Å²) in [7, 11) is 3.35. The van der Waals surface area contributed by atoms with Crippen molar-refractivity contribution in [2.75, 3.05) is 26.6 Å². The summed E-state index contributed by atoms with van der Waals surface area (Å²) in [6, 6.07) is 6.01. The maximum absolute atomic E-state index is 5.99. The molecule has 0 aliphatic heterocycles. The van der Waals surface area contributed by atoms with Crippen molar-refractivity contribution in [3.63, 3.8) is 0 Å². The van der Waals surface area contributed by atoms with Crippen LogP contribution >= 0.6 is 0 Å². The number of hydrogen-bond acceptors (Lipinski definition) is 4. The molecule has 5 nitrogen and oxygen atoms in total. The SMILES string of the molecule is COCCC(C)n1c(N)nc2ccc(OC)cc21. The normalized spacial score (nSPS) is 12.8. The molecule has 5 heteroatoms. The van der Waals surface area contributed by atoms with Gasteiger partial charge in [0.1, 0.15) is 5.75 Å². The molecule has 0 fully saturated rings. The van der Waals surface area contributed by atoms with Crippen LogP contribution in [0.25, 0.3) is 11.0 Å². The van der Waals surface area contributed by atoms with Crippen molar-refractivity contribution in [1.29, 1.82) is 0 Å². The van der Waals surface area contributed by atoms with Gasteiger partial charge in [0.05, 0.1) is 18.1 Å². The lowest BCUT2D eigenvalue weighted by Gasteiger charge is -2.15. The average molecular weight is 249 g/mol. The highest BCUT2D eigenvalue weighted by Crippen LogP contribution is 2.27. The van der Waals surface area contributed by atoms with Crippen LogP contribution in [0.1, 0.15) is 19.4 Å². The van der Waals surface area contributed by atoms with E-state index < -0.39 is 0 Å². The number of benzene rings is 1. The minimum absolute atomic E-state index is 0.238. The summed E-state index contributed by atoms with van der Waals surface area (Å²) in [6.45, 7) is 2.81. The Balaban J connectivity index is 2.44. The van der Waals surface area contributed by atoms with Crippen molar-refractivity contribution in [2.45, 2.75) is 19.4 Å². The predicted octanol–water partition coefficient (Wildman–Crippen LogP) is 2.22. The van der Waals surface area contributed by atoms with Crippen molar-refractivity contribution in [1.82, 2.24) is 9.55 Å². The smallest absolute Gasteiger partial charge is 0.201 e. The number of rotatable bonds is 5. The van der Waals surface area contributed by atoms with E-state index in [9.17, 15) is 0 Å². The third-order valence-electron chi connectivity index (χ3n) is 3.10. The largest absolute Gasteiger partial charge is 0.497 e. The zero-order valence-electron chi connectivity index (χ0n) is 11.0. The maximum atomic E-state index is 5.99. The first-order chi connectivity index (χ1) is 8.67. The van der Waals surface area contributed by atoms with Crippen LogP contribution in [0, 0.1) is 0 Å². The minimum atomic E-state index is 0.238. The lowest BCUT2D eigenvalue weighted by atomic mass is 10.2. The van der Waals surface area contributed by atoms with Crippen LogP contribution in [-0.2, 0) is 4.74 Å². The van der Waals surface area contributed by atoms with Crippen LogP contribution in [0.5, 0.6) is 5.75 Å². The summed E-state index contributed by atoms with van der Waals surface area (Å²) >= 11 is 0. The van der Waals surface area contributed by atoms with E-state index in [1.54, 1.807) is 14.2 Å². The summed E-state index contributed by atoms with van der Waals surface area (Å²) in [5.74, 6) is 1.34. The van der Waals surface area contributed by atoms with Crippen molar-refractivity contribution in [3.05, 3.63) is 18.2 Å². The van der Waals surface area contributed by atoms with Gasteiger partial charge in [0.2, 0.25) is 5.95 Å². The molecule has 1 aromatic carbocycles. The van der Waals surface area contributed by atoms with Gasteiger partial charge in [-0.05, 0) is 25.5 Å². The molecule has 0 aliphatic rings. The Hall–Kier alpha value is -1.75. The molecule has 1 atom stereocenters. The van der Waals surface area contributed by atoms with Gasteiger partial charge in [0, 0.05) is 25.8 Å². The molecule has 18 heavy (non-hydrogen) atoms. The number of nitrogen functional groups attached to an aromatic ring is 1. The number of anilines is 1. The Morgan fingerprint density at radius 1 is 1.39 bits per heavy atom. The number of nitrogens with zero attached hydrogens (tertiary/aromatic N) is 2. The Kier molecular flexibility index (Phi) is 3.72. The number of ether oxygens (including phenoxy) is 2. The number of fused-ring (bicyclic) bond motifs is 1. The molecule has 1 unspecified atom stereocenters. The zero-order chi connectivity index (χ0) is 13.1. The maximum Gasteiger partial charge on any atom is 0.201 e. The van der Waals surface area contributed by atoms with E-state index in [1.807, 2.05) is 22.8 Å². The van der Waals surface area contributed by atoms with Crippen LogP contribution in [0.4, 0.5) is 5.95 Å². The van der Waals surface area contributed by atoms with Crippen molar-refractivity contribution >= 4 is 17.0 Å². The molecular formula is C13H19N3O2. The second-order valence-corrected chi connectivity index (χ2v) is 4.33. The standard InChI is InChI=1S/C13H19N3O2/c1-9(6-7-17-2)16-12-8-10(18-3)4-5-11(12)15-13(16)14/h4-5,8-9H,6-7H2,1-3H3,(H2,14,15). The molecule has 1 aromatic heterocycles. The molecule has 0 aliphatic carbocycles. The van der Waals surface area contributed by atoms with Crippen LogP contribution in [-0.4, -0.2) is 30.4 Å². The highest BCUT2D eigenvalue weighted by molar-refractivity contribution is 5.80. The number of nitrogens with two attached hydrogens (primary N) is 1. The fourth-order valence-corrected chi connectivity index (χ4v) is 2.10. The Morgan fingerprint density at radius 2 is 2.17 bits per heavy atom. The Labute approximate surface area is 107 Å². The molecule has 0 bridgehead atoms. The number of hydrogen-bond donors (Lipinski definition) is 1. The third kappa shape index (κ3) is 2.26. The molecule has 98 valence electrons. The average Bonchev–Trinajstić information content (AvgIpc) is 2.70. The molecule has 1 heterocycles. The highest BCUT2D eigenvalue weighted by Gasteiger charge is 2.14. The van der Waals surface area contributed by atoms with Gasteiger partial charge in [-0.2, -0.15) is 0 Å². The molecule has 0 radical (unpaired) electrons. The fraction of sp³-hybridized carbons (Fsp3) is 0.462. The highest BCUT2D eigenvalue weighted by atomic mass is 16.5. The lowest BCUT2D eigenvalue weighted by Crippen LogP contribution is -2.10. The van der Waals surface area contributed by atoms with Gasteiger partial charge in [-0.1, -0.05) is 0 Å². The molecule has 2 N–H and O–H groups in total. The monoisotopic (exact) mass is 249 g/mol. The summed E-state index contributed by atoms with van der Waals surface area (Å²) in [6.07, 6.45) is 0.892. The number of aromatic nitrogens is 2. The Bertz CT molecular complexity index is 536. The summed E-state index contributed by atoms with van der Waals surface area (Å²) in [5.41, 5.74) is 7.87. The molecule has 0 saturated heterocycles. The van der Waals surface area contributed by atoms with E-state index >= 15 is 0 Å². The van der Waals surface area contributed by atoms with Gasteiger partial charge >= 0.3 is 0 Å². The van der Waals surface area contributed by atoms with Crippen LogP contribution in [0.15, 0.2) is 18.2 Å². The summed E-state index contributed by atoms with van der Waals surface area (Å²) < 4.78 is 12.4. The van der Waals surface area contributed by atoms with E-state index in [1.165, 1.54) is 0 Å². The fourth-order valence-electron chi connectivity index (χ4n) is 2.10. The van der Waals surface area contributed by atoms with E-state index in [0.717, 1.165) is 23.2 Å². The molecule has 0 spiro atoms. The quantitative estimate of drug-likeness (QED) is 0.882. The van der Waals surface area contributed by atoms with Gasteiger partial charge in [0.15, 0.2) is 0 Å². The molecule has 2 rings (SSSR count). The molecule has 0 saturated carbocycles. The first-order valence-corrected chi connectivity index (χ1v) is 5.97. The molecule has 0 amide bonds. The third-order valence-corrected chi connectivity index (χ3v) is 3.10. The van der Waals surface area contributed by atoms with E-state index in [0.29, 0.717) is 12.6 Å². The molecular weight excluding hydrogens is 230 g/mol. The van der Waals surface area contributed by atoms with E-state index in [2.05, 4.69) is 11.9 Å². The van der Waals surface area contributed by atoms with Crippen molar-refractivity contribution in [2.24, 2.45) is 0 Å². The Morgan fingerprint density at radius 3 is 2.83 bits per heavy atom. The first kappa shape index (κ1) is 12.7. The van der Waals surface area contributed by atoms with Gasteiger partial charge in [-0.15, -0.1) is 0 Å². The van der Waals surface area contributed by atoms with Crippen LogP contribution < -0.4 is 10.5 Å². The lowest BCUT2D eigenvalue weighted by molar-refractivity contribution is 0.182. The van der Waals surface area contributed by atoms with Crippen LogP contribution in [0.2, 0.25) is 0 Å². The zero-order valence-corrected chi connectivity index (χ0v) is 11.0. The van der Waals surface area contributed by atoms with Gasteiger partial charge in [-0.25, -0.2) is 4.98 Å². The van der Waals surface area contributed by atoms with Gasteiger partial charge in [-0.3, -0.25) is 0 Å². The summed E-state index contributed by atoms with van der Waals surface area (Å²) in [4.78, 5) is 4.36. The number of imidazole rings is 1. The predicted molar refractivity (Wildman–Crippen MR) is 71.9 cm³/mol. The minimum Gasteiger partial charge on any atom is -0.497 e. The van der Waals surface area contributed by atoms with Crippen LogP contribution in [0.3, 0.4) is 0 Å². The van der Waals surface area contributed by atoms with E-state index in [4.69, 9.17) is 15.2 Å². The second kappa shape index (κ2) is 5.27.